The molecule has 152 valence electrons. The summed E-state index contributed by atoms with van der Waals surface area (Å²) in [6.45, 7) is 0. The Labute approximate surface area is 168 Å². The fourth-order valence-electron chi connectivity index (χ4n) is 3.60. The van der Waals surface area contributed by atoms with Crippen LogP contribution in [-0.4, -0.2) is 6.18 Å². The standard InChI is InChI=1S/C24H14F6/c25-23(26,27)18-12-10-16(11-13-18)21(15-6-2-1-3-7-15)22-19-9-5-4-8-17(19)14-20(22)24(28,29)30/h1-14H/b22-21+. The van der Waals surface area contributed by atoms with E-state index < -0.39 is 23.5 Å². The lowest BCUT2D eigenvalue weighted by molar-refractivity contribution is -0.137. The van der Waals surface area contributed by atoms with Gasteiger partial charge in [0.25, 0.3) is 0 Å². The Morgan fingerprint density at radius 3 is 1.73 bits per heavy atom. The molecule has 0 spiro atoms. The smallest absolute Gasteiger partial charge is 0.166 e. The summed E-state index contributed by atoms with van der Waals surface area (Å²) in [4.78, 5) is 0. The summed E-state index contributed by atoms with van der Waals surface area (Å²) in [7, 11) is 0. The molecular weight excluding hydrogens is 402 g/mol. The van der Waals surface area contributed by atoms with Crippen LogP contribution in [0.3, 0.4) is 0 Å². The van der Waals surface area contributed by atoms with Crippen molar-refractivity contribution >= 4 is 17.2 Å². The second-order valence-corrected chi connectivity index (χ2v) is 6.83. The molecule has 1 aliphatic rings. The number of alkyl halides is 6. The van der Waals surface area contributed by atoms with Gasteiger partial charge in [-0.1, -0.05) is 66.7 Å². The van der Waals surface area contributed by atoms with E-state index in [0.29, 0.717) is 16.7 Å². The van der Waals surface area contributed by atoms with Gasteiger partial charge < -0.3 is 0 Å². The summed E-state index contributed by atoms with van der Waals surface area (Å²) in [6, 6.07) is 19.0. The van der Waals surface area contributed by atoms with E-state index in [9.17, 15) is 26.3 Å². The summed E-state index contributed by atoms with van der Waals surface area (Å²) in [5, 5.41) is 0. The van der Waals surface area contributed by atoms with Crippen molar-refractivity contribution in [2.45, 2.75) is 12.4 Å². The summed E-state index contributed by atoms with van der Waals surface area (Å²) in [5.41, 5.74) is 0.0883. The summed E-state index contributed by atoms with van der Waals surface area (Å²) in [6.07, 6.45) is -8.08. The highest BCUT2D eigenvalue weighted by Gasteiger charge is 2.41. The molecule has 0 nitrogen and oxygen atoms in total. The first kappa shape index (κ1) is 20.0. The molecule has 0 unspecified atom stereocenters. The van der Waals surface area contributed by atoms with Crippen molar-refractivity contribution in [2.75, 3.05) is 0 Å². The third-order valence-electron chi connectivity index (χ3n) is 4.92. The highest BCUT2D eigenvalue weighted by molar-refractivity contribution is 6.10. The molecule has 30 heavy (non-hydrogen) atoms. The minimum absolute atomic E-state index is 0.0379. The number of benzene rings is 3. The predicted octanol–water partition coefficient (Wildman–Crippen LogP) is 7.62. The number of fused-ring (bicyclic) bond motifs is 1. The normalized spacial score (nSPS) is 15.6. The van der Waals surface area contributed by atoms with Crippen LogP contribution in [0.15, 0.2) is 84.4 Å². The number of halogens is 6. The van der Waals surface area contributed by atoms with Crippen LogP contribution in [-0.2, 0) is 6.18 Å². The SMILES string of the molecule is FC(F)(F)C1=Cc2ccccc2/C1=C(/c1ccccc1)c1ccc(C(F)(F)F)cc1. The van der Waals surface area contributed by atoms with Gasteiger partial charge in [-0.3, -0.25) is 0 Å². The molecule has 0 amide bonds. The van der Waals surface area contributed by atoms with E-state index in [2.05, 4.69) is 0 Å². The third kappa shape index (κ3) is 3.65. The molecule has 0 radical (unpaired) electrons. The Bertz CT molecular complexity index is 1130. The molecule has 0 heterocycles. The monoisotopic (exact) mass is 416 g/mol. The first-order valence-electron chi connectivity index (χ1n) is 9.02. The van der Waals surface area contributed by atoms with Gasteiger partial charge in [0, 0.05) is 5.57 Å². The predicted molar refractivity (Wildman–Crippen MR) is 104 cm³/mol. The molecule has 3 aromatic carbocycles. The zero-order chi connectivity index (χ0) is 21.5. The highest BCUT2D eigenvalue weighted by atomic mass is 19.4. The quantitative estimate of drug-likeness (QED) is 0.377. The first-order chi connectivity index (χ1) is 14.2. The minimum atomic E-state index is -4.62. The number of hydrogen-bond donors (Lipinski definition) is 0. The molecule has 0 saturated carbocycles. The van der Waals surface area contributed by atoms with Gasteiger partial charge in [0.1, 0.15) is 0 Å². The molecule has 6 heteroatoms. The molecule has 3 aromatic rings. The molecule has 0 saturated heterocycles. The summed E-state index contributed by atoms with van der Waals surface area (Å²) >= 11 is 0. The van der Waals surface area contributed by atoms with E-state index in [1.165, 1.54) is 12.1 Å². The Morgan fingerprint density at radius 2 is 1.13 bits per heavy atom. The van der Waals surface area contributed by atoms with Crippen LogP contribution in [0, 0.1) is 0 Å². The molecule has 4 rings (SSSR count). The average molecular weight is 416 g/mol. The highest BCUT2D eigenvalue weighted by Crippen LogP contribution is 2.49. The Hall–Kier alpha value is -3.28. The van der Waals surface area contributed by atoms with Gasteiger partial charge in [0.2, 0.25) is 0 Å². The second-order valence-electron chi connectivity index (χ2n) is 6.83. The summed E-state index contributed by atoms with van der Waals surface area (Å²) in [5.74, 6) is 0. The zero-order valence-electron chi connectivity index (χ0n) is 15.4. The molecule has 0 aliphatic heterocycles. The summed E-state index contributed by atoms with van der Waals surface area (Å²) < 4.78 is 80.8. The molecule has 0 N–H and O–H groups in total. The molecular formula is C24H14F6. The number of rotatable bonds is 2. The molecule has 0 bridgehead atoms. The van der Waals surface area contributed by atoms with Crippen molar-refractivity contribution in [3.8, 4) is 0 Å². The molecule has 0 atom stereocenters. The zero-order valence-corrected chi connectivity index (χ0v) is 15.4. The lowest BCUT2D eigenvalue weighted by Gasteiger charge is -2.19. The van der Waals surface area contributed by atoms with E-state index in [1.807, 2.05) is 0 Å². The van der Waals surface area contributed by atoms with Crippen molar-refractivity contribution in [2.24, 2.45) is 0 Å². The molecule has 1 aliphatic carbocycles. The van der Waals surface area contributed by atoms with E-state index >= 15 is 0 Å². The van der Waals surface area contributed by atoms with Crippen molar-refractivity contribution < 1.29 is 26.3 Å². The largest absolute Gasteiger partial charge is 0.417 e. The van der Waals surface area contributed by atoms with E-state index in [-0.39, 0.29) is 16.7 Å². The van der Waals surface area contributed by atoms with Gasteiger partial charge in [-0.15, -0.1) is 0 Å². The van der Waals surface area contributed by atoms with Gasteiger partial charge in [-0.05, 0) is 46.0 Å². The Morgan fingerprint density at radius 1 is 0.567 bits per heavy atom. The van der Waals surface area contributed by atoms with Crippen LogP contribution in [0.2, 0.25) is 0 Å². The fourth-order valence-corrected chi connectivity index (χ4v) is 3.60. The number of hydrogen-bond acceptors (Lipinski definition) is 0. The van der Waals surface area contributed by atoms with E-state index in [1.54, 1.807) is 54.6 Å². The minimum Gasteiger partial charge on any atom is -0.166 e. The average Bonchev–Trinajstić information content (AvgIpc) is 3.09. The van der Waals surface area contributed by atoms with Gasteiger partial charge >= 0.3 is 12.4 Å². The van der Waals surface area contributed by atoms with Gasteiger partial charge in [0.15, 0.2) is 0 Å². The molecule has 0 fully saturated rings. The topological polar surface area (TPSA) is 0 Å². The van der Waals surface area contributed by atoms with Crippen LogP contribution < -0.4 is 0 Å². The maximum Gasteiger partial charge on any atom is 0.417 e. The van der Waals surface area contributed by atoms with E-state index in [0.717, 1.165) is 18.2 Å². The fraction of sp³-hybridized carbons (Fsp3) is 0.0833. The molecule has 0 aromatic heterocycles. The Kier molecular flexibility index (Phi) is 4.80. The lowest BCUT2D eigenvalue weighted by Crippen LogP contribution is -2.12. The van der Waals surface area contributed by atoms with Crippen molar-refractivity contribution in [1.82, 2.24) is 0 Å². The Balaban J connectivity index is 2.03. The van der Waals surface area contributed by atoms with E-state index in [4.69, 9.17) is 0 Å². The second kappa shape index (κ2) is 7.20. The maximum atomic E-state index is 13.9. The number of allylic oxidation sites excluding steroid dienone is 2. The van der Waals surface area contributed by atoms with Crippen molar-refractivity contribution in [1.29, 1.82) is 0 Å². The van der Waals surface area contributed by atoms with Gasteiger partial charge in [-0.2, -0.15) is 26.3 Å². The van der Waals surface area contributed by atoms with Crippen LogP contribution in [0.1, 0.15) is 27.8 Å². The maximum absolute atomic E-state index is 13.9. The van der Waals surface area contributed by atoms with Crippen LogP contribution in [0.4, 0.5) is 26.3 Å². The third-order valence-corrected chi connectivity index (χ3v) is 4.92. The van der Waals surface area contributed by atoms with Crippen molar-refractivity contribution in [3.05, 3.63) is 112 Å². The van der Waals surface area contributed by atoms with Gasteiger partial charge in [-0.25, -0.2) is 0 Å². The lowest BCUT2D eigenvalue weighted by atomic mass is 9.87. The van der Waals surface area contributed by atoms with Crippen LogP contribution in [0.25, 0.3) is 17.2 Å². The van der Waals surface area contributed by atoms with Crippen LogP contribution in [0.5, 0.6) is 0 Å². The first-order valence-corrected chi connectivity index (χ1v) is 9.02. The van der Waals surface area contributed by atoms with Crippen molar-refractivity contribution in [3.63, 3.8) is 0 Å². The van der Waals surface area contributed by atoms with Crippen LogP contribution >= 0.6 is 0 Å². The van der Waals surface area contributed by atoms with Gasteiger partial charge in [0.05, 0.1) is 11.1 Å².